The average Bonchev–Trinajstić information content (AvgIpc) is 3.02. The molecule has 1 aromatic rings. The number of nitrogens with zero attached hydrogens (tertiary/aromatic N) is 1. The molecule has 0 spiro atoms. The predicted octanol–water partition coefficient (Wildman–Crippen LogP) is 3.95. The fourth-order valence-electron chi connectivity index (χ4n) is 4.60. The van der Waals surface area contributed by atoms with Crippen LogP contribution in [0, 0.1) is 11.8 Å². The minimum absolute atomic E-state index is 0.0716. The third kappa shape index (κ3) is 6.76. The Hall–Kier alpha value is -2.04. The van der Waals surface area contributed by atoms with Crippen LogP contribution < -0.4 is 10.1 Å². The van der Waals surface area contributed by atoms with Crippen molar-refractivity contribution >= 4 is 11.8 Å². The van der Waals surface area contributed by atoms with Crippen LogP contribution in [0.1, 0.15) is 63.4 Å². The number of ether oxygens (including phenoxy) is 1. The summed E-state index contributed by atoms with van der Waals surface area (Å²) in [4.78, 5) is 26.8. The van der Waals surface area contributed by atoms with Crippen LogP contribution in [0.2, 0.25) is 0 Å². The normalized spacial score (nSPS) is 20.9. The summed E-state index contributed by atoms with van der Waals surface area (Å²) in [5.74, 6) is 1.83. The Morgan fingerprint density at radius 3 is 2.52 bits per heavy atom. The summed E-state index contributed by atoms with van der Waals surface area (Å²) in [7, 11) is 1.66. The zero-order valence-electron chi connectivity index (χ0n) is 17.8. The van der Waals surface area contributed by atoms with Gasteiger partial charge in [-0.3, -0.25) is 9.59 Å². The number of carbonyl (C=O) groups excluding carboxylic acids is 2. The summed E-state index contributed by atoms with van der Waals surface area (Å²) >= 11 is 0. The van der Waals surface area contributed by atoms with Crippen molar-refractivity contribution in [2.75, 3.05) is 26.7 Å². The van der Waals surface area contributed by atoms with Crippen LogP contribution in [-0.2, 0) is 16.0 Å². The van der Waals surface area contributed by atoms with E-state index in [0.717, 1.165) is 31.1 Å². The molecule has 0 bridgehead atoms. The molecule has 1 atom stereocenters. The molecule has 3 rings (SSSR count). The molecule has 1 saturated heterocycles. The highest BCUT2D eigenvalue weighted by Gasteiger charge is 2.29. The maximum atomic E-state index is 12.6. The van der Waals surface area contributed by atoms with E-state index in [2.05, 4.69) is 5.32 Å². The van der Waals surface area contributed by atoms with Crippen molar-refractivity contribution in [3.8, 4) is 5.75 Å². The van der Waals surface area contributed by atoms with Crippen molar-refractivity contribution < 1.29 is 14.3 Å². The molecule has 1 heterocycles. The van der Waals surface area contributed by atoms with E-state index in [1.807, 2.05) is 29.2 Å². The van der Waals surface area contributed by atoms with Crippen LogP contribution >= 0.6 is 0 Å². The number of rotatable bonds is 8. The molecule has 2 amide bonds. The van der Waals surface area contributed by atoms with Crippen molar-refractivity contribution in [1.29, 1.82) is 0 Å². The molecular formula is C24H36N2O3. The molecule has 29 heavy (non-hydrogen) atoms. The summed E-state index contributed by atoms with van der Waals surface area (Å²) in [6.45, 7) is 1.99. The quantitative estimate of drug-likeness (QED) is 0.672. The first-order chi connectivity index (χ1) is 14.2. The molecule has 2 aliphatic rings. The van der Waals surface area contributed by atoms with Crippen molar-refractivity contribution in [2.24, 2.45) is 11.8 Å². The highest BCUT2D eigenvalue weighted by molar-refractivity contribution is 5.83. The molecule has 5 heteroatoms. The van der Waals surface area contributed by atoms with Gasteiger partial charge < -0.3 is 15.0 Å². The lowest BCUT2D eigenvalue weighted by Crippen LogP contribution is -2.46. The van der Waals surface area contributed by atoms with E-state index < -0.39 is 0 Å². The number of hydrogen-bond donors (Lipinski definition) is 1. The first-order valence-corrected chi connectivity index (χ1v) is 11.3. The second-order valence-electron chi connectivity index (χ2n) is 8.61. The molecule has 2 fully saturated rings. The van der Waals surface area contributed by atoms with Crippen LogP contribution in [0.3, 0.4) is 0 Å². The number of piperidine rings is 1. The van der Waals surface area contributed by atoms with Gasteiger partial charge in [0.05, 0.1) is 13.0 Å². The molecular weight excluding hydrogens is 364 g/mol. The zero-order valence-corrected chi connectivity index (χ0v) is 17.8. The number of hydrogen-bond acceptors (Lipinski definition) is 3. The number of nitrogens with one attached hydrogen (secondary N) is 1. The second kappa shape index (κ2) is 11.2. The number of methoxy groups -OCH3 is 1. The van der Waals surface area contributed by atoms with Gasteiger partial charge in [-0.2, -0.15) is 0 Å². The van der Waals surface area contributed by atoms with Gasteiger partial charge in [0, 0.05) is 26.1 Å². The Bertz CT molecular complexity index is 651. The van der Waals surface area contributed by atoms with E-state index in [4.69, 9.17) is 4.74 Å². The first kappa shape index (κ1) is 21.7. The molecule has 0 aromatic heterocycles. The topological polar surface area (TPSA) is 58.6 Å². The van der Waals surface area contributed by atoms with Gasteiger partial charge in [0.2, 0.25) is 11.8 Å². The first-order valence-electron chi connectivity index (χ1n) is 11.3. The van der Waals surface area contributed by atoms with Crippen molar-refractivity contribution in [2.45, 2.75) is 64.2 Å². The summed E-state index contributed by atoms with van der Waals surface area (Å²) < 4.78 is 5.19. The molecule has 1 saturated carbocycles. The van der Waals surface area contributed by atoms with Crippen LogP contribution in [0.4, 0.5) is 0 Å². The van der Waals surface area contributed by atoms with Crippen LogP contribution in [-0.4, -0.2) is 43.5 Å². The molecule has 1 aliphatic carbocycles. The summed E-state index contributed by atoms with van der Waals surface area (Å²) in [5, 5.41) is 3.15. The van der Waals surface area contributed by atoms with Crippen LogP contribution in [0.15, 0.2) is 24.3 Å². The van der Waals surface area contributed by atoms with Crippen molar-refractivity contribution in [1.82, 2.24) is 10.2 Å². The monoisotopic (exact) mass is 400 g/mol. The minimum atomic E-state index is -0.0716. The van der Waals surface area contributed by atoms with Crippen LogP contribution in [0.5, 0.6) is 5.75 Å². The summed E-state index contributed by atoms with van der Waals surface area (Å²) in [5.41, 5.74) is 1.17. The predicted molar refractivity (Wildman–Crippen MR) is 115 cm³/mol. The molecule has 0 unspecified atom stereocenters. The van der Waals surface area contributed by atoms with E-state index in [-0.39, 0.29) is 17.7 Å². The lowest BCUT2D eigenvalue weighted by atomic mass is 9.95. The minimum Gasteiger partial charge on any atom is -0.497 e. The second-order valence-corrected chi connectivity index (χ2v) is 8.61. The largest absolute Gasteiger partial charge is 0.497 e. The molecule has 1 aliphatic heterocycles. The number of likely N-dealkylation sites (tertiary alicyclic amines) is 1. The third-order valence-electron chi connectivity index (χ3n) is 6.53. The van der Waals surface area contributed by atoms with Gasteiger partial charge >= 0.3 is 0 Å². The standard InChI is InChI=1S/C24H36N2O3/c1-29-22-11-8-20(9-12-22)15-17-26-18-21(10-13-23(26)27)24(28)25-16-14-19-6-4-2-3-5-7-19/h8-9,11-12,19,21H,2-7,10,13-18H2,1H3,(H,25,28)/t21-/m0/s1. The van der Waals surface area contributed by atoms with Gasteiger partial charge in [0.1, 0.15) is 5.75 Å². The van der Waals surface area contributed by atoms with E-state index in [1.54, 1.807) is 7.11 Å². The summed E-state index contributed by atoms with van der Waals surface area (Å²) in [6.07, 6.45) is 11.1. The number of carbonyl (C=O) groups is 2. The van der Waals surface area contributed by atoms with Gasteiger partial charge in [-0.25, -0.2) is 0 Å². The van der Waals surface area contributed by atoms with Crippen LogP contribution in [0.25, 0.3) is 0 Å². The van der Waals surface area contributed by atoms with Gasteiger partial charge in [-0.15, -0.1) is 0 Å². The number of amides is 2. The van der Waals surface area contributed by atoms with E-state index in [9.17, 15) is 9.59 Å². The van der Waals surface area contributed by atoms with Gasteiger partial charge in [0.15, 0.2) is 0 Å². The maximum Gasteiger partial charge on any atom is 0.224 e. The third-order valence-corrected chi connectivity index (χ3v) is 6.53. The van der Waals surface area contributed by atoms with Gasteiger partial charge in [-0.1, -0.05) is 50.7 Å². The average molecular weight is 401 g/mol. The molecule has 1 aromatic carbocycles. The van der Waals surface area contributed by atoms with Gasteiger partial charge in [-0.05, 0) is 42.9 Å². The smallest absolute Gasteiger partial charge is 0.224 e. The molecule has 1 N–H and O–H groups in total. The lowest BCUT2D eigenvalue weighted by molar-refractivity contribution is -0.138. The number of benzene rings is 1. The maximum absolute atomic E-state index is 12.6. The van der Waals surface area contributed by atoms with E-state index in [0.29, 0.717) is 25.9 Å². The zero-order chi connectivity index (χ0) is 20.5. The highest BCUT2D eigenvalue weighted by atomic mass is 16.5. The fourth-order valence-corrected chi connectivity index (χ4v) is 4.60. The van der Waals surface area contributed by atoms with E-state index >= 15 is 0 Å². The Labute approximate surface area is 175 Å². The molecule has 5 nitrogen and oxygen atoms in total. The lowest BCUT2D eigenvalue weighted by Gasteiger charge is -2.32. The Morgan fingerprint density at radius 1 is 1.10 bits per heavy atom. The van der Waals surface area contributed by atoms with Crippen molar-refractivity contribution in [3.63, 3.8) is 0 Å². The molecule has 160 valence electrons. The van der Waals surface area contributed by atoms with E-state index in [1.165, 1.54) is 44.1 Å². The molecule has 0 radical (unpaired) electrons. The Morgan fingerprint density at radius 2 is 1.83 bits per heavy atom. The van der Waals surface area contributed by atoms with Crippen molar-refractivity contribution in [3.05, 3.63) is 29.8 Å². The Balaban J connectivity index is 1.41. The fraction of sp³-hybridized carbons (Fsp3) is 0.667. The summed E-state index contributed by atoms with van der Waals surface area (Å²) in [6, 6.07) is 7.95. The highest BCUT2D eigenvalue weighted by Crippen LogP contribution is 2.25. The Kier molecular flexibility index (Phi) is 8.38. The van der Waals surface area contributed by atoms with Gasteiger partial charge in [0.25, 0.3) is 0 Å². The SMILES string of the molecule is COc1ccc(CCN2C[C@@H](C(=O)NCCC3CCCCCC3)CCC2=O)cc1.